The van der Waals surface area contributed by atoms with Crippen molar-refractivity contribution in [3.05, 3.63) is 12.0 Å². The molecule has 0 aliphatic rings. The molecule has 12 heavy (non-hydrogen) atoms. The van der Waals surface area contributed by atoms with Gasteiger partial charge in [0.2, 0.25) is 5.82 Å². The van der Waals surface area contributed by atoms with Gasteiger partial charge in [-0.15, -0.1) is 0 Å². The molecule has 1 heterocycles. The largest absolute Gasteiger partial charge is 0.460 e. The molecule has 0 saturated carbocycles. The van der Waals surface area contributed by atoms with Crippen LogP contribution in [-0.2, 0) is 11.8 Å². The molecular weight excluding hydrogens is 155 g/mol. The number of rotatable bonds is 2. The third kappa shape index (κ3) is 1.49. The van der Waals surface area contributed by atoms with Crippen LogP contribution < -0.4 is 5.59 Å². The van der Waals surface area contributed by atoms with E-state index >= 15 is 0 Å². The van der Waals surface area contributed by atoms with E-state index in [1.807, 2.05) is 0 Å². The minimum atomic E-state index is -0.448. The third-order valence-corrected chi connectivity index (χ3v) is 1.48. The maximum Gasteiger partial charge on any atom is 0.374 e. The maximum atomic E-state index is 11.1. The molecule has 0 aliphatic carbocycles. The molecule has 4 nitrogen and oxygen atoms in total. The van der Waals surface area contributed by atoms with E-state index in [0.29, 0.717) is 12.2 Å². The number of ether oxygens (including phenoxy) is 1. The average molecular weight is 164 g/mol. The van der Waals surface area contributed by atoms with Crippen LogP contribution in [0.2, 0.25) is 0 Å². The first-order valence-electron chi connectivity index (χ1n) is 3.61. The van der Waals surface area contributed by atoms with Crippen LogP contribution in [0, 0.1) is 0 Å². The first kappa shape index (κ1) is 8.84. The quantitative estimate of drug-likeness (QED) is 0.432. The monoisotopic (exact) mass is 164 g/mol. The van der Waals surface area contributed by atoms with Gasteiger partial charge in [-0.2, -0.15) is 0 Å². The van der Waals surface area contributed by atoms with E-state index in [9.17, 15) is 4.79 Å². The van der Waals surface area contributed by atoms with Crippen LogP contribution in [0.3, 0.4) is 0 Å². The molecule has 0 saturated heterocycles. The van der Waals surface area contributed by atoms with Gasteiger partial charge >= 0.3 is 5.97 Å². The fourth-order valence-electron chi connectivity index (χ4n) is 0.808. The summed E-state index contributed by atoms with van der Waals surface area (Å²) in [6.45, 7) is 2.08. The van der Waals surface area contributed by atoms with Gasteiger partial charge in [-0.1, -0.05) is 0 Å². The molecule has 0 bridgehead atoms. The Hall–Kier alpha value is -1.26. The van der Waals surface area contributed by atoms with E-state index in [4.69, 9.17) is 12.6 Å². The van der Waals surface area contributed by atoms with Crippen LogP contribution in [0.15, 0.2) is 6.20 Å². The van der Waals surface area contributed by atoms with Crippen LogP contribution >= 0.6 is 0 Å². The Labute approximate surface area is 72.0 Å². The Kier molecular flexibility index (Phi) is 2.52. The Morgan fingerprint density at radius 1 is 1.83 bits per heavy atom. The summed E-state index contributed by atoms with van der Waals surface area (Å²) >= 11 is 0. The Morgan fingerprint density at radius 2 is 2.50 bits per heavy atom. The highest BCUT2D eigenvalue weighted by molar-refractivity contribution is 6.31. The first-order valence-corrected chi connectivity index (χ1v) is 3.61. The van der Waals surface area contributed by atoms with Gasteiger partial charge in [-0.25, -0.2) is 9.78 Å². The summed E-state index contributed by atoms with van der Waals surface area (Å²) in [6.07, 6.45) is 1.42. The zero-order valence-electron chi connectivity index (χ0n) is 7.07. The topological polar surface area (TPSA) is 44.1 Å². The lowest BCUT2D eigenvalue weighted by atomic mass is 10.1. The van der Waals surface area contributed by atoms with Crippen molar-refractivity contribution in [2.45, 2.75) is 6.92 Å². The number of imidazole rings is 1. The van der Waals surface area contributed by atoms with E-state index in [1.54, 1.807) is 14.0 Å². The minimum Gasteiger partial charge on any atom is -0.460 e. The van der Waals surface area contributed by atoms with Crippen molar-refractivity contribution >= 4 is 19.4 Å². The lowest BCUT2D eigenvalue weighted by Gasteiger charge is -2.01. The van der Waals surface area contributed by atoms with Crippen molar-refractivity contribution in [1.29, 1.82) is 0 Å². The number of carbonyl (C=O) groups excluding carboxylic acids is 1. The molecule has 0 amide bonds. The van der Waals surface area contributed by atoms with E-state index in [-0.39, 0.29) is 5.82 Å². The molecule has 0 spiro atoms. The predicted molar refractivity (Wildman–Crippen MR) is 44.6 cm³/mol. The van der Waals surface area contributed by atoms with Crippen LogP contribution in [0.5, 0.6) is 0 Å². The van der Waals surface area contributed by atoms with Gasteiger partial charge in [0.15, 0.2) is 0 Å². The molecule has 0 fully saturated rings. The van der Waals surface area contributed by atoms with Crippen LogP contribution in [-0.4, -0.2) is 30.0 Å². The maximum absolute atomic E-state index is 11.1. The van der Waals surface area contributed by atoms with Crippen molar-refractivity contribution in [2.75, 3.05) is 6.61 Å². The summed E-state index contributed by atoms with van der Waals surface area (Å²) in [7, 11) is 7.13. The normalized spacial score (nSPS) is 9.83. The molecule has 0 aromatic carbocycles. The average Bonchev–Trinajstić information content (AvgIpc) is 2.34. The fraction of sp³-hybridized carbons (Fsp3) is 0.429. The molecule has 1 rings (SSSR count). The van der Waals surface area contributed by atoms with Crippen LogP contribution in [0.4, 0.5) is 0 Å². The van der Waals surface area contributed by atoms with E-state index in [2.05, 4.69) is 4.98 Å². The second-order valence-corrected chi connectivity index (χ2v) is 2.29. The Morgan fingerprint density at radius 3 is 2.92 bits per heavy atom. The molecule has 0 N–H and O–H groups in total. The molecule has 5 heteroatoms. The molecule has 0 atom stereocenters. The van der Waals surface area contributed by atoms with Gasteiger partial charge in [0, 0.05) is 13.2 Å². The molecule has 0 aliphatic heterocycles. The third-order valence-electron chi connectivity index (χ3n) is 1.48. The number of nitrogens with zero attached hydrogens (tertiary/aromatic N) is 2. The number of esters is 1. The van der Waals surface area contributed by atoms with Crippen LogP contribution in [0.25, 0.3) is 0 Å². The summed E-state index contributed by atoms with van der Waals surface area (Å²) < 4.78 is 6.23. The van der Waals surface area contributed by atoms with Crippen molar-refractivity contribution in [3.8, 4) is 0 Å². The second-order valence-electron chi connectivity index (χ2n) is 2.29. The second kappa shape index (κ2) is 3.43. The number of aromatic nitrogens is 2. The lowest BCUT2D eigenvalue weighted by molar-refractivity contribution is 0.0508. The summed E-state index contributed by atoms with van der Waals surface area (Å²) in [5.41, 5.74) is 0.443. The van der Waals surface area contributed by atoms with E-state index < -0.39 is 5.97 Å². The molecule has 2 radical (unpaired) electrons. The highest BCUT2D eigenvalue weighted by atomic mass is 16.5. The smallest absolute Gasteiger partial charge is 0.374 e. The van der Waals surface area contributed by atoms with Gasteiger partial charge in [0.25, 0.3) is 0 Å². The zero-order valence-corrected chi connectivity index (χ0v) is 7.07. The molecule has 62 valence electrons. The molecule has 1 aromatic rings. The van der Waals surface area contributed by atoms with Gasteiger partial charge in [-0.05, 0) is 12.5 Å². The van der Waals surface area contributed by atoms with Crippen LogP contribution in [0.1, 0.15) is 17.5 Å². The highest BCUT2D eigenvalue weighted by Crippen LogP contribution is 1.94. The molecule has 0 unspecified atom stereocenters. The van der Waals surface area contributed by atoms with Gasteiger partial charge in [0.05, 0.1) is 6.61 Å². The predicted octanol–water partition coefficient (Wildman–Crippen LogP) is -0.609. The SMILES string of the molecule is [B]c1cnc(C(=O)OCC)n1C. The summed E-state index contributed by atoms with van der Waals surface area (Å²) in [5, 5.41) is 0. The van der Waals surface area contributed by atoms with Crippen molar-refractivity contribution in [3.63, 3.8) is 0 Å². The standard InChI is InChI=1S/C7H9BN2O2/c1-3-12-7(11)6-9-4-5(8)10(6)2/h4H,3H2,1-2H3. The van der Waals surface area contributed by atoms with Crippen molar-refractivity contribution in [2.24, 2.45) is 7.05 Å². The highest BCUT2D eigenvalue weighted by Gasteiger charge is 2.12. The summed E-state index contributed by atoms with van der Waals surface area (Å²) in [5.74, 6) is -0.217. The number of hydrogen-bond donors (Lipinski definition) is 0. The molecular formula is C7H9BN2O2. The number of hydrogen-bond acceptors (Lipinski definition) is 3. The summed E-state index contributed by atoms with van der Waals surface area (Å²) in [4.78, 5) is 14.9. The van der Waals surface area contributed by atoms with Gasteiger partial charge in [-0.3, -0.25) is 0 Å². The lowest BCUT2D eigenvalue weighted by Crippen LogP contribution is -2.19. The van der Waals surface area contributed by atoms with Crippen molar-refractivity contribution < 1.29 is 9.53 Å². The minimum absolute atomic E-state index is 0.231. The number of carbonyl (C=O) groups is 1. The van der Waals surface area contributed by atoms with Crippen molar-refractivity contribution in [1.82, 2.24) is 9.55 Å². The first-order chi connectivity index (χ1) is 5.66. The van der Waals surface area contributed by atoms with Gasteiger partial charge < -0.3 is 9.30 Å². The molecule has 1 aromatic heterocycles. The Bertz CT molecular complexity index is 296. The summed E-state index contributed by atoms with van der Waals surface area (Å²) in [6, 6.07) is 0. The Balaban J connectivity index is 2.88. The van der Waals surface area contributed by atoms with E-state index in [1.165, 1.54) is 10.8 Å². The van der Waals surface area contributed by atoms with E-state index in [0.717, 1.165) is 0 Å². The fourth-order valence-corrected chi connectivity index (χ4v) is 0.808. The van der Waals surface area contributed by atoms with Gasteiger partial charge in [0.1, 0.15) is 7.85 Å². The zero-order chi connectivity index (χ0) is 9.14.